The third-order valence-electron chi connectivity index (χ3n) is 1.87. The minimum Gasteiger partial charge on any atom is -0.508 e. The molecule has 15 heavy (non-hydrogen) atoms. The van der Waals surface area contributed by atoms with Crippen LogP contribution < -0.4 is 0 Å². The molecule has 0 bridgehead atoms. The molecular weight excluding hydrogens is 204 g/mol. The minimum absolute atomic E-state index is 0.122. The molecule has 0 radical (unpaired) electrons. The molecule has 5 N–H and O–H groups in total. The molecule has 0 saturated carbocycles. The van der Waals surface area contributed by atoms with E-state index in [1.807, 2.05) is 0 Å². The van der Waals surface area contributed by atoms with Crippen molar-refractivity contribution < 1.29 is 30.3 Å². The largest absolute Gasteiger partial charge is 0.508 e. The summed E-state index contributed by atoms with van der Waals surface area (Å²) in [7, 11) is 0. The smallest absolute Gasteiger partial charge is 0.332 e. The molecule has 82 valence electrons. The number of benzene rings is 1. The lowest BCUT2D eigenvalue weighted by molar-refractivity contribution is -0.146. The molecule has 1 unspecified atom stereocenters. The summed E-state index contributed by atoms with van der Waals surface area (Å²) in [5.74, 6) is -2.74. The molecule has 1 rings (SSSR count). The van der Waals surface area contributed by atoms with E-state index in [0.29, 0.717) is 0 Å². The Morgan fingerprint density at radius 1 is 1.20 bits per heavy atom. The van der Waals surface area contributed by atoms with Crippen LogP contribution in [0.5, 0.6) is 17.2 Å². The highest BCUT2D eigenvalue weighted by Crippen LogP contribution is 2.32. The normalized spacial score (nSPS) is 12.3. The van der Waals surface area contributed by atoms with Crippen LogP contribution in [0.15, 0.2) is 12.1 Å². The number of hydrogen-bond donors (Lipinski definition) is 5. The zero-order valence-corrected chi connectivity index (χ0v) is 7.58. The Hall–Kier alpha value is -1.95. The lowest BCUT2D eigenvalue weighted by atomic mass is 10.1. The van der Waals surface area contributed by atoms with Crippen LogP contribution in [-0.2, 0) is 11.2 Å². The summed E-state index contributed by atoms with van der Waals surface area (Å²) in [6.07, 6.45) is -2.15. The van der Waals surface area contributed by atoms with Gasteiger partial charge in [-0.1, -0.05) is 0 Å². The van der Waals surface area contributed by atoms with Gasteiger partial charge in [0.2, 0.25) is 0 Å². The molecular formula is C9H10O6. The molecule has 0 aliphatic rings. The van der Waals surface area contributed by atoms with Crippen molar-refractivity contribution in [1.82, 2.24) is 0 Å². The second kappa shape index (κ2) is 4.05. The van der Waals surface area contributed by atoms with Crippen molar-refractivity contribution in [2.45, 2.75) is 12.5 Å². The molecule has 0 spiro atoms. The first kappa shape index (κ1) is 11.1. The van der Waals surface area contributed by atoms with Gasteiger partial charge in [-0.25, -0.2) is 4.79 Å². The van der Waals surface area contributed by atoms with Crippen LogP contribution >= 0.6 is 0 Å². The Morgan fingerprint density at radius 3 is 2.07 bits per heavy atom. The zero-order chi connectivity index (χ0) is 11.6. The highest BCUT2D eigenvalue weighted by molar-refractivity contribution is 5.72. The first-order valence-electron chi connectivity index (χ1n) is 4.06. The number of aromatic hydroxyl groups is 3. The number of aliphatic carboxylic acids is 1. The summed E-state index contributed by atoms with van der Waals surface area (Å²) < 4.78 is 0. The van der Waals surface area contributed by atoms with Crippen molar-refractivity contribution in [3.05, 3.63) is 17.7 Å². The average molecular weight is 214 g/mol. The van der Waals surface area contributed by atoms with E-state index in [-0.39, 0.29) is 11.3 Å². The van der Waals surface area contributed by atoms with E-state index in [4.69, 9.17) is 15.3 Å². The zero-order valence-electron chi connectivity index (χ0n) is 7.58. The first-order chi connectivity index (χ1) is 6.91. The molecule has 1 aromatic carbocycles. The maximum Gasteiger partial charge on any atom is 0.332 e. The highest BCUT2D eigenvalue weighted by Gasteiger charge is 2.19. The molecule has 0 saturated heterocycles. The van der Waals surface area contributed by atoms with Gasteiger partial charge < -0.3 is 25.5 Å². The Labute approximate surface area is 84.7 Å². The Kier molecular flexibility index (Phi) is 3.01. The number of carboxylic acids is 1. The predicted octanol–water partition coefficient (Wildman–Crippen LogP) is -0.209. The summed E-state index contributed by atoms with van der Waals surface area (Å²) in [5, 5.41) is 45.0. The molecule has 1 aromatic rings. The van der Waals surface area contributed by atoms with Gasteiger partial charge in [0.1, 0.15) is 17.2 Å². The van der Waals surface area contributed by atoms with Crippen LogP contribution in [0.2, 0.25) is 0 Å². The number of phenols is 3. The van der Waals surface area contributed by atoms with Crippen LogP contribution in [0.3, 0.4) is 0 Å². The van der Waals surface area contributed by atoms with Gasteiger partial charge in [0.05, 0.1) is 0 Å². The molecule has 1 atom stereocenters. The van der Waals surface area contributed by atoms with Crippen molar-refractivity contribution in [3.63, 3.8) is 0 Å². The van der Waals surface area contributed by atoms with Crippen molar-refractivity contribution in [1.29, 1.82) is 0 Å². The number of aliphatic hydroxyl groups is 1. The second-order valence-electron chi connectivity index (χ2n) is 3.02. The Bertz CT molecular complexity index is 363. The van der Waals surface area contributed by atoms with Gasteiger partial charge >= 0.3 is 5.97 Å². The van der Waals surface area contributed by atoms with Crippen LogP contribution in [0.4, 0.5) is 0 Å². The number of carbonyl (C=O) groups is 1. The van der Waals surface area contributed by atoms with Crippen LogP contribution in [0, 0.1) is 0 Å². The maximum atomic E-state index is 10.3. The molecule has 0 aliphatic carbocycles. The highest BCUT2D eigenvalue weighted by atomic mass is 16.4. The predicted molar refractivity (Wildman–Crippen MR) is 48.8 cm³/mol. The fraction of sp³-hybridized carbons (Fsp3) is 0.222. The molecule has 0 amide bonds. The third kappa shape index (κ3) is 2.50. The number of phenolic OH excluding ortho intramolecular Hbond substituents is 3. The lowest BCUT2D eigenvalue weighted by Crippen LogP contribution is -2.22. The molecule has 0 heterocycles. The maximum absolute atomic E-state index is 10.3. The van der Waals surface area contributed by atoms with Crippen molar-refractivity contribution >= 4 is 5.97 Å². The number of hydrogen-bond acceptors (Lipinski definition) is 5. The fourth-order valence-electron chi connectivity index (χ4n) is 1.12. The summed E-state index contributed by atoms with van der Waals surface area (Å²) >= 11 is 0. The average Bonchev–Trinajstić information content (AvgIpc) is 2.10. The summed E-state index contributed by atoms with van der Waals surface area (Å²) in [6.45, 7) is 0. The van der Waals surface area contributed by atoms with Gasteiger partial charge in [0.25, 0.3) is 0 Å². The number of rotatable bonds is 3. The lowest BCUT2D eigenvalue weighted by Gasteiger charge is -2.09. The number of carboxylic acid groups (broad SMARTS) is 1. The van der Waals surface area contributed by atoms with Gasteiger partial charge in [-0.15, -0.1) is 0 Å². The topological polar surface area (TPSA) is 118 Å². The van der Waals surface area contributed by atoms with E-state index in [1.165, 1.54) is 0 Å². The monoisotopic (exact) mass is 214 g/mol. The van der Waals surface area contributed by atoms with Crippen molar-refractivity contribution in [3.8, 4) is 17.2 Å². The standard InChI is InChI=1S/C9H10O6/c10-4-1-6(11)5(7(12)2-4)3-8(13)9(14)15/h1-2,8,10-13H,3H2,(H,14,15). The Morgan fingerprint density at radius 2 is 1.67 bits per heavy atom. The first-order valence-corrected chi connectivity index (χ1v) is 4.06. The molecule has 0 aromatic heterocycles. The van der Waals surface area contributed by atoms with Crippen LogP contribution in [0.25, 0.3) is 0 Å². The number of aliphatic hydroxyl groups excluding tert-OH is 1. The van der Waals surface area contributed by atoms with Crippen LogP contribution in [-0.4, -0.2) is 37.6 Å². The van der Waals surface area contributed by atoms with E-state index in [2.05, 4.69) is 0 Å². The molecule has 6 nitrogen and oxygen atoms in total. The van der Waals surface area contributed by atoms with E-state index in [9.17, 15) is 15.0 Å². The van der Waals surface area contributed by atoms with Gasteiger partial charge in [0.15, 0.2) is 6.10 Å². The van der Waals surface area contributed by atoms with Gasteiger partial charge in [-0.2, -0.15) is 0 Å². The molecule has 0 fully saturated rings. The van der Waals surface area contributed by atoms with E-state index in [1.54, 1.807) is 0 Å². The van der Waals surface area contributed by atoms with E-state index in [0.717, 1.165) is 12.1 Å². The Balaban J connectivity index is 3.00. The fourth-order valence-corrected chi connectivity index (χ4v) is 1.12. The minimum atomic E-state index is -1.72. The van der Waals surface area contributed by atoms with Gasteiger partial charge in [-0.05, 0) is 0 Å². The van der Waals surface area contributed by atoms with Gasteiger partial charge in [-0.3, -0.25) is 0 Å². The molecule has 0 aliphatic heterocycles. The van der Waals surface area contributed by atoms with Crippen LogP contribution in [0.1, 0.15) is 5.56 Å². The van der Waals surface area contributed by atoms with Crippen molar-refractivity contribution in [2.24, 2.45) is 0 Å². The summed E-state index contributed by atoms with van der Waals surface area (Å²) in [6, 6.07) is 1.90. The van der Waals surface area contributed by atoms with E-state index < -0.39 is 30.0 Å². The molecule has 6 heteroatoms. The third-order valence-corrected chi connectivity index (χ3v) is 1.87. The van der Waals surface area contributed by atoms with Crippen molar-refractivity contribution in [2.75, 3.05) is 0 Å². The SMILES string of the molecule is O=C(O)C(O)Cc1c(O)cc(O)cc1O. The summed E-state index contributed by atoms with van der Waals surface area (Å²) in [4.78, 5) is 10.3. The quantitative estimate of drug-likeness (QED) is 0.475. The van der Waals surface area contributed by atoms with E-state index >= 15 is 0 Å². The second-order valence-corrected chi connectivity index (χ2v) is 3.02. The summed E-state index contributed by atoms with van der Waals surface area (Å²) in [5.41, 5.74) is -0.122. The van der Waals surface area contributed by atoms with Gasteiger partial charge in [0, 0.05) is 24.1 Å².